The zero-order valence-corrected chi connectivity index (χ0v) is 15.3. The third-order valence-corrected chi connectivity index (χ3v) is 4.08. The predicted molar refractivity (Wildman–Crippen MR) is 102 cm³/mol. The van der Waals surface area contributed by atoms with Crippen molar-refractivity contribution >= 4 is 44.6 Å². The molecule has 1 atom stereocenters. The number of aromatic hydroxyl groups is 1. The van der Waals surface area contributed by atoms with Crippen molar-refractivity contribution in [1.82, 2.24) is 4.98 Å². The summed E-state index contributed by atoms with van der Waals surface area (Å²) in [5, 5.41) is 21.8. The van der Waals surface area contributed by atoms with Crippen molar-refractivity contribution in [2.75, 3.05) is 0 Å². The van der Waals surface area contributed by atoms with Crippen LogP contribution in [0, 0.1) is 0 Å². The van der Waals surface area contributed by atoms with Gasteiger partial charge in [-0.2, -0.15) is 0 Å². The van der Waals surface area contributed by atoms with Gasteiger partial charge in [-0.3, -0.25) is 4.79 Å². The van der Waals surface area contributed by atoms with Crippen LogP contribution in [0.15, 0.2) is 68.4 Å². The van der Waals surface area contributed by atoms with Gasteiger partial charge in [0.15, 0.2) is 5.69 Å². The highest BCUT2D eigenvalue weighted by molar-refractivity contribution is 9.10. The molecule has 132 valence electrons. The fourth-order valence-electron chi connectivity index (χ4n) is 2.17. The van der Waals surface area contributed by atoms with E-state index in [1.54, 1.807) is 18.2 Å². The number of aromatic amines is 1. The van der Waals surface area contributed by atoms with E-state index < -0.39 is 12.0 Å². The molecule has 1 heterocycles. The van der Waals surface area contributed by atoms with Gasteiger partial charge in [0.25, 0.3) is 0 Å². The highest BCUT2D eigenvalue weighted by Crippen LogP contribution is 2.35. The van der Waals surface area contributed by atoms with E-state index in [9.17, 15) is 9.90 Å². The molecule has 0 bridgehead atoms. The van der Waals surface area contributed by atoms with E-state index in [2.05, 4.69) is 36.3 Å². The van der Waals surface area contributed by atoms with E-state index >= 15 is 0 Å². The standard InChI is InChI=1S/C18H15BrN4O3/c1-11(26-20-10-12-6-8-13(19)9-7-12)17(24)23-22-16-14-4-2-3-5-15(14)21-18(16)25/h2-11,21,25H,1H3/b20-10+,23-22?/t11-/m0/s1. The Hall–Kier alpha value is -3.00. The first-order chi connectivity index (χ1) is 12.5. The molecule has 1 aromatic heterocycles. The summed E-state index contributed by atoms with van der Waals surface area (Å²) in [4.78, 5) is 19.9. The lowest BCUT2D eigenvalue weighted by Gasteiger charge is -2.03. The Kier molecular flexibility index (Phi) is 5.43. The number of H-pyrrole nitrogens is 1. The van der Waals surface area contributed by atoms with Gasteiger partial charge < -0.3 is 14.9 Å². The van der Waals surface area contributed by atoms with Crippen LogP contribution in [0.25, 0.3) is 10.9 Å². The molecule has 0 aliphatic rings. The van der Waals surface area contributed by atoms with Crippen molar-refractivity contribution in [1.29, 1.82) is 0 Å². The minimum Gasteiger partial charge on any atom is -0.493 e. The van der Waals surface area contributed by atoms with Gasteiger partial charge in [0.05, 0.1) is 11.7 Å². The molecule has 0 unspecified atom stereocenters. The Morgan fingerprint density at radius 3 is 2.73 bits per heavy atom. The highest BCUT2D eigenvalue weighted by Gasteiger charge is 2.15. The largest absolute Gasteiger partial charge is 0.493 e. The van der Waals surface area contributed by atoms with Gasteiger partial charge >= 0.3 is 5.91 Å². The molecule has 0 spiro atoms. The molecule has 2 aromatic carbocycles. The summed E-state index contributed by atoms with van der Waals surface area (Å²) in [7, 11) is 0. The fourth-order valence-corrected chi connectivity index (χ4v) is 2.44. The van der Waals surface area contributed by atoms with Gasteiger partial charge in [-0.25, -0.2) is 0 Å². The van der Waals surface area contributed by atoms with Gasteiger partial charge in [-0.15, -0.1) is 10.2 Å². The molecule has 0 radical (unpaired) electrons. The maximum atomic E-state index is 12.0. The highest BCUT2D eigenvalue weighted by atomic mass is 79.9. The van der Waals surface area contributed by atoms with Crippen LogP contribution in [0.5, 0.6) is 5.88 Å². The second kappa shape index (κ2) is 7.92. The third kappa shape index (κ3) is 4.15. The molecule has 0 aliphatic heterocycles. The zero-order valence-electron chi connectivity index (χ0n) is 13.8. The maximum absolute atomic E-state index is 12.0. The Morgan fingerprint density at radius 2 is 1.96 bits per heavy atom. The maximum Gasteiger partial charge on any atom is 0.307 e. The second-order valence-electron chi connectivity index (χ2n) is 5.44. The molecule has 3 rings (SSSR count). The molecule has 26 heavy (non-hydrogen) atoms. The number of hydrogen-bond donors (Lipinski definition) is 2. The molecule has 3 aromatic rings. The molecule has 2 N–H and O–H groups in total. The molecular formula is C18H15BrN4O3. The van der Waals surface area contributed by atoms with E-state index in [4.69, 9.17) is 4.84 Å². The van der Waals surface area contributed by atoms with Crippen LogP contribution in [-0.2, 0) is 9.63 Å². The van der Waals surface area contributed by atoms with Gasteiger partial charge in [-0.1, -0.05) is 51.4 Å². The van der Waals surface area contributed by atoms with E-state index in [0.717, 1.165) is 10.0 Å². The van der Waals surface area contributed by atoms with Crippen molar-refractivity contribution in [2.45, 2.75) is 13.0 Å². The van der Waals surface area contributed by atoms with Crippen molar-refractivity contribution in [3.8, 4) is 5.88 Å². The number of nitrogens with zero attached hydrogens (tertiary/aromatic N) is 3. The number of carbonyl (C=O) groups excluding carboxylic acids is 1. The van der Waals surface area contributed by atoms with Gasteiger partial charge in [0.1, 0.15) is 0 Å². The molecule has 7 nitrogen and oxygen atoms in total. The number of oxime groups is 1. The van der Waals surface area contributed by atoms with Crippen LogP contribution in [0.1, 0.15) is 12.5 Å². The summed E-state index contributed by atoms with van der Waals surface area (Å²) < 4.78 is 0.958. The summed E-state index contributed by atoms with van der Waals surface area (Å²) in [5.41, 5.74) is 1.74. The molecule has 0 saturated carbocycles. The number of amides is 1. The van der Waals surface area contributed by atoms with Gasteiger partial charge in [0.2, 0.25) is 12.0 Å². The topological polar surface area (TPSA) is 99.4 Å². The lowest BCUT2D eigenvalue weighted by molar-refractivity contribution is -0.128. The van der Waals surface area contributed by atoms with Crippen LogP contribution in [-0.4, -0.2) is 28.3 Å². The second-order valence-corrected chi connectivity index (χ2v) is 6.36. The number of carbonyl (C=O) groups is 1. The average molecular weight is 415 g/mol. The number of benzene rings is 2. The van der Waals surface area contributed by atoms with Crippen molar-refractivity contribution in [3.63, 3.8) is 0 Å². The number of halogens is 1. The lowest BCUT2D eigenvalue weighted by Crippen LogP contribution is -2.15. The Labute approximate surface area is 157 Å². The fraction of sp³-hybridized carbons (Fsp3) is 0.111. The normalized spacial score (nSPS) is 12.8. The number of hydrogen-bond acceptors (Lipinski definition) is 5. The Morgan fingerprint density at radius 1 is 1.23 bits per heavy atom. The van der Waals surface area contributed by atoms with E-state index in [1.807, 2.05) is 30.3 Å². The third-order valence-electron chi connectivity index (χ3n) is 3.55. The van der Waals surface area contributed by atoms with Gasteiger partial charge in [0, 0.05) is 9.86 Å². The summed E-state index contributed by atoms with van der Waals surface area (Å²) in [6.07, 6.45) is 0.594. The van der Waals surface area contributed by atoms with E-state index in [1.165, 1.54) is 13.1 Å². The van der Waals surface area contributed by atoms with Crippen molar-refractivity contribution in [3.05, 3.63) is 58.6 Å². The van der Waals surface area contributed by atoms with Crippen LogP contribution < -0.4 is 0 Å². The smallest absolute Gasteiger partial charge is 0.307 e. The quantitative estimate of drug-likeness (QED) is 0.359. The predicted octanol–water partition coefficient (Wildman–Crippen LogP) is 4.69. The monoisotopic (exact) mass is 414 g/mol. The molecule has 0 fully saturated rings. The SMILES string of the molecule is C[C@H](O/N=C/c1ccc(Br)cc1)C(=O)N=Nc1c(O)[nH]c2ccccc12. The molecule has 0 saturated heterocycles. The first-order valence-electron chi connectivity index (χ1n) is 7.74. The zero-order chi connectivity index (χ0) is 18.5. The summed E-state index contributed by atoms with van der Waals surface area (Å²) in [6.45, 7) is 1.52. The van der Waals surface area contributed by atoms with E-state index in [0.29, 0.717) is 10.9 Å². The molecule has 1 amide bonds. The van der Waals surface area contributed by atoms with Crippen LogP contribution >= 0.6 is 15.9 Å². The number of fused-ring (bicyclic) bond motifs is 1. The summed E-state index contributed by atoms with van der Waals surface area (Å²) in [5.74, 6) is -0.757. The number of nitrogens with one attached hydrogen (secondary N) is 1. The molecule has 8 heteroatoms. The number of azo groups is 1. The van der Waals surface area contributed by atoms with Crippen molar-refractivity contribution in [2.24, 2.45) is 15.4 Å². The van der Waals surface area contributed by atoms with Crippen LogP contribution in [0.4, 0.5) is 5.69 Å². The minimum absolute atomic E-state index is 0.149. The molecular weight excluding hydrogens is 400 g/mol. The summed E-state index contributed by atoms with van der Waals surface area (Å²) >= 11 is 3.35. The molecule has 0 aliphatic carbocycles. The Balaban J connectivity index is 1.64. The first-order valence-corrected chi connectivity index (χ1v) is 8.54. The number of aromatic nitrogens is 1. The van der Waals surface area contributed by atoms with Gasteiger partial charge in [-0.05, 0) is 30.7 Å². The van der Waals surface area contributed by atoms with Crippen molar-refractivity contribution < 1.29 is 14.7 Å². The number of rotatable bonds is 5. The minimum atomic E-state index is -0.905. The van der Waals surface area contributed by atoms with Crippen LogP contribution in [0.3, 0.4) is 0 Å². The van der Waals surface area contributed by atoms with Crippen LogP contribution in [0.2, 0.25) is 0 Å². The number of para-hydroxylation sites is 1. The lowest BCUT2D eigenvalue weighted by atomic mass is 10.2. The first kappa shape index (κ1) is 17.8. The average Bonchev–Trinajstić information content (AvgIpc) is 2.96. The van der Waals surface area contributed by atoms with E-state index in [-0.39, 0.29) is 11.6 Å². The Bertz CT molecular complexity index is 980. The summed E-state index contributed by atoms with van der Waals surface area (Å²) in [6, 6.07) is 14.6.